The molecule has 1 aromatic heterocycles. The Labute approximate surface area is 228 Å². The van der Waals surface area contributed by atoms with E-state index in [4.69, 9.17) is 0 Å². The average Bonchev–Trinajstić information content (AvgIpc) is 3.32. The number of rotatable bonds is 5. The molecule has 1 aliphatic heterocycles. The molecule has 0 spiro atoms. The number of nitrogens with one attached hydrogen (secondary N) is 2. The average molecular weight is 538 g/mol. The first kappa shape index (κ1) is 27.8. The molecule has 0 saturated carbocycles. The SMILES string of the molecule is CC(=O)Nc1cccc(C(=O)N2CCN(Cc3cnc[nH]3)c3ccc(-c4ccccc4)cc3C2)c1.Cl.Cl. The summed E-state index contributed by atoms with van der Waals surface area (Å²) >= 11 is 0. The number of carbonyl (C=O) groups excluding carboxylic acids is 2. The van der Waals surface area contributed by atoms with Crippen molar-refractivity contribution in [3.05, 3.63) is 102 Å². The summed E-state index contributed by atoms with van der Waals surface area (Å²) in [6.07, 6.45) is 3.52. The highest BCUT2D eigenvalue weighted by molar-refractivity contribution is 5.97. The molecule has 2 amide bonds. The Morgan fingerprint density at radius 2 is 1.76 bits per heavy atom. The topological polar surface area (TPSA) is 81.3 Å². The third-order valence-corrected chi connectivity index (χ3v) is 6.16. The van der Waals surface area contributed by atoms with Crippen molar-refractivity contribution in [3.63, 3.8) is 0 Å². The highest BCUT2D eigenvalue weighted by Crippen LogP contribution is 2.32. The normalized spacial score (nSPS) is 12.5. The highest BCUT2D eigenvalue weighted by Gasteiger charge is 2.25. The second-order valence-corrected chi connectivity index (χ2v) is 8.70. The van der Waals surface area contributed by atoms with Crippen molar-refractivity contribution in [2.45, 2.75) is 20.0 Å². The number of hydrogen-bond donors (Lipinski definition) is 2. The van der Waals surface area contributed by atoms with Crippen molar-refractivity contribution in [1.29, 1.82) is 0 Å². The van der Waals surface area contributed by atoms with Crippen molar-refractivity contribution in [2.75, 3.05) is 23.3 Å². The van der Waals surface area contributed by atoms with Crippen molar-refractivity contribution in [3.8, 4) is 11.1 Å². The number of amides is 2. The van der Waals surface area contributed by atoms with Gasteiger partial charge in [0.15, 0.2) is 0 Å². The van der Waals surface area contributed by atoms with Crippen LogP contribution in [0, 0.1) is 0 Å². The lowest BCUT2D eigenvalue weighted by molar-refractivity contribution is -0.114. The Kier molecular flexibility index (Phi) is 9.33. The summed E-state index contributed by atoms with van der Waals surface area (Å²) < 4.78 is 0. The Hall–Kier alpha value is -3.81. The predicted octanol–water partition coefficient (Wildman–Crippen LogP) is 5.54. The van der Waals surface area contributed by atoms with E-state index in [9.17, 15) is 9.59 Å². The summed E-state index contributed by atoms with van der Waals surface area (Å²) in [6.45, 7) is 3.90. The van der Waals surface area contributed by atoms with E-state index in [-0.39, 0.29) is 36.6 Å². The van der Waals surface area contributed by atoms with Crippen LogP contribution in [0.1, 0.15) is 28.5 Å². The maximum atomic E-state index is 13.6. The minimum Gasteiger partial charge on any atom is -0.364 e. The molecule has 3 aromatic carbocycles. The number of H-pyrrole nitrogens is 1. The summed E-state index contributed by atoms with van der Waals surface area (Å²) in [5, 5.41) is 2.76. The predicted molar refractivity (Wildman–Crippen MR) is 151 cm³/mol. The molecular weight excluding hydrogens is 509 g/mol. The molecule has 2 heterocycles. The molecule has 0 saturated heterocycles. The summed E-state index contributed by atoms with van der Waals surface area (Å²) in [6, 6.07) is 23.8. The van der Waals surface area contributed by atoms with Crippen LogP contribution in [0.4, 0.5) is 11.4 Å². The van der Waals surface area contributed by atoms with E-state index in [2.05, 4.69) is 50.5 Å². The fraction of sp³-hybridized carbons (Fsp3) is 0.179. The third-order valence-electron chi connectivity index (χ3n) is 6.16. The number of anilines is 2. The van der Waals surface area contributed by atoms with Crippen LogP contribution >= 0.6 is 24.8 Å². The van der Waals surface area contributed by atoms with E-state index < -0.39 is 0 Å². The molecule has 0 atom stereocenters. The van der Waals surface area contributed by atoms with Gasteiger partial charge in [0.1, 0.15) is 0 Å². The van der Waals surface area contributed by atoms with Gasteiger partial charge in [0.05, 0.1) is 18.6 Å². The maximum absolute atomic E-state index is 13.6. The number of benzene rings is 3. The van der Waals surface area contributed by atoms with Crippen molar-refractivity contribution < 1.29 is 9.59 Å². The first-order valence-corrected chi connectivity index (χ1v) is 11.6. The molecule has 192 valence electrons. The van der Waals surface area contributed by atoms with E-state index in [0.717, 1.165) is 28.1 Å². The summed E-state index contributed by atoms with van der Waals surface area (Å²) in [7, 11) is 0. The van der Waals surface area contributed by atoms with Crippen LogP contribution in [-0.2, 0) is 17.9 Å². The molecule has 4 aromatic rings. The van der Waals surface area contributed by atoms with Gasteiger partial charge < -0.3 is 20.1 Å². The number of carbonyl (C=O) groups is 2. The second kappa shape index (κ2) is 12.4. The zero-order valence-corrected chi connectivity index (χ0v) is 22.0. The van der Waals surface area contributed by atoms with Gasteiger partial charge in [-0.25, -0.2) is 4.98 Å². The first-order valence-electron chi connectivity index (χ1n) is 11.6. The number of halogens is 2. The van der Waals surface area contributed by atoms with Gasteiger partial charge in [-0.1, -0.05) is 42.5 Å². The molecule has 0 fully saturated rings. The van der Waals surface area contributed by atoms with Gasteiger partial charge in [-0.3, -0.25) is 9.59 Å². The molecular formula is C28H29Cl2N5O2. The lowest BCUT2D eigenvalue weighted by atomic mass is 10.0. The van der Waals surface area contributed by atoms with E-state index in [1.165, 1.54) is 6.92 Å². The van der Waals surface area contributed by atoms with Gasteiger partial charge >= 0.3 is 0 Å². The molecule has 5 rings (SSSR count). The molecule has 0 radical (unpaired) electrons. The number of hydrogen-bond acceptors (Lipinski definition) is 4. The van der Waals surface area contributed by atoms with E-state index in [1.54, 1.807) is 30.6 Å². The van der Waals surface area contributed by atoms with E-state index in [1.807, 2.05) is 29.3 Å². The van der Waals surface area contributed by atoms with Gasteiger partial charge in [-0.2, -0.15) is 0 Å². The number of fused-ring (bicyclic) bond motifs is 1. The minimum atomic E-state index is -0.166. The zero-order chi connectivity index (χ0) is 24.2. The second-order valence-electron chi connectivity index (χ2n) is 8.70. The number of imidazole rings is 1. The van der Waals surface area contributed by atoms with E-state index in [0.29, 0.717) is 37.4 Å². The molecule has 9 heteroatoms. The Morgan fingerprint density at radius 1 is 0.946 bits per heavy atom. The van der Waals surface area contributed by atoms with Crippen LogP contribution < -0.4 is 10.2 Å². The Bertz CT molecular complexity index is 1350. The van der Waals surface area contributed by atoms with Gasteiger partial charge in [0.2, 0.25) is 5.91 Å². The van der Waals surface area contributed by atoms with Crippen LogP contribution in [0.5, 0.6) is 0 Å². The lowest BCUT2D eigenvalue weighted by Gasteiger charge is -2.24. The van der Waals surface area contributed by atoms with Crippen LogP contribution in [0.15, 0.2) is 85.3 Å². The highest BCUT2D eigenvalue weighted by atomic mass is 35.5. The first-order chi connectivity index (χ1) is 17.1. The van der Waals surface area contributed by atoms with Crippen molar-refractivity contribution in [2.24, 2.45) is 0 Å². The van der Waals surface area contributed by atoms with Gasteiger partial charge in [-0.05, 0) is 47.0 Å². The molecule has 2 N–H and O–H groups in total. The monoisotopic (exact) mass is 537 g/mol. The fourth-order valence-electron chi connectivity index (χ4n) is 4.51. The van der Waals surface area contributed by atoms with Crippen LogP contribution in [-0.4, -0.2) is 39.8 Å². The van der Waals surface area contributed by atoms with Crippen molar-refractivity contribution >= 4 is 48.0 Å². The fourth-order valence-corrected chi connectivity index (χ4v) is 4.51. The quantitative estimate of drug-likeness (QED) is 0.350. The van der Waals surface area contributed by atoms with Gasteiger partial charge in [-0.15, -0.1) is 24.8 Å². The minimum absolute atomic E-state index is 0. The Balaban J connectivity index is 0.00000190. The molecule has 1 aliphatic rings. The standard InChI is InChI=1S/C28H27N5O2.2ClH/c1-20(34)31-25-9-5-8-23(15-25)28(35)33-13-12-32(18-26-16-29-19-30-26)27-11-10-22(14-24(27)17-33)21-6-3-2-4-7-21;;/h2-11,14-16,19H,12-13,17-18H2,1H3,(H,29,30)(H,31,34);2*1H. The van der Waals surface area contributed by atoms with Crippen LogP contribution in [0.2, 0.25) is 0 Å². The molecule has 7 nitrogen and oxygen atoms in total. The largest absolute Gasteiger partial charge is 0.364 e. The summed E-state index contributed by atoms with van der Waals surface area (Å²) in [5.74, 6) is -0.224. The maximum Gasteiger partial charge on any atom is 0.254 e. The molecule has 37 heavy (non-hydrogen) atoms. The van der Waals surface area contributed by atoms with Gasteiger partial charge in [0, 0.05) is 49.7 Å². The number of aromatic amines is 1. The lowest BCUT2D eigenvalue weighted by Crippen LogP contribution is -2.35. The summed E-state index contributed by atoms with van der Waals surface area (Å²) in [4.78, 5) is 36.5. The van der Waals surface area contributed by atoms with Crippen LogP contribution in [0.25, 0.3) is 11.1 Å². The summed E-state index contributed by atoms with van der Waals surface area (Å²) in [5.41, 5.74) is 6.65. The number of aromatic nitrogens is 2. The van der Waals surface area contributed by atoms with E-state index >= 15 is 0 Å². The van der Waals surface area contributed by atoms with Crippen LogP contribution in [0.3, 0.4) is 0 Å². The van der Waals surface area contributed by atoms with Crippen molar-refractivity contribution in [1.82, 2.24) is 14.9 Å². The van der Waals surface area contributed by atoms with Gasteiger partial charge in [0.25, 0.3) is 5.91 Å². The third kappa shape index (κ3) is 6.50. The Morgan fingerprint density at radius 3 is 2.49 bits per heavy atom. The molecule has 0 bridgehead atoms. The molecule has 0 aliphatic carbocycles. The smallest absolute Gasteiger partial charge is 0.254 e. The number of nitrogens with zero attached hydrogens (tertiary/aromatic N) is 3. The zero-order valence-electron chi connectivity index (χ0n) is 20.4. The molecule has 0 unspecified atom stereocenters.